The number of nitrogens with zero attached hydrogens (tertiary/aromatic N) is 2. The Kier molecular flexibility index (Phi) is 6.17. The van der Waals surface area contributed by atoms with E-state index < -0.39 is 0 Å². The molecule has 0 N–H and O–H groups in total. The van der Waals surface area contributed by atoms with E-state index in [9.17, 15) is 0 Å². The minimum atomic E-state index is 0.968. The van der Waals surface area contributed by atoms with Gasteiger partial charge in [0.05, 0.1) is 16.7 Å². The number of benzene rings is 7. The molecule has 0 atom stereocenters. The molecule has 0 saturated carbocycles. The maximum atomic E-state index is 5.28. The largest absolute Gasteiger partial charge is 0.256 e. The Morgan fingerprint density at radius 3 is 1.78 bits per heavy atom. The molecule has 2 nitrogen and oxygen atoms in total. The number of hydrogen-bond acceptors (Lipinski definition) is 2. The fraction of sp³-hybridized carbons (Fsp3) is 0. The average molecular weight is 585 g/mol. The molecule has 0 aliphatic rings. The van der Waals surface area contributed by atoms with E-state index in [4.69, 9.17) is 9.97 Å². The first-order valence-electron chi connectivity index (χ1n) is 15.7. The Bertz CT molecular complexity index is 2590. The fourth-order valence-electron chi connectivity index (χ4n) is 6.79. The van der Waals surface area contributed by atoms with Crippen molar-refractivity contribution in [1.82, 2.24) is 9.97 Å². The molecule has 0 bridgehead atoms. The maximum absolute atomic E-state index is 5.28. The third-order valence-corrected chi connectivity index (χ3v) is 9.07. The van der Waals surface area contributed by atoms with Crippen LogP contribution in [-0.4, -0.2) is 9.97 Å². The highest BCUT2D eigenvalue weighted by molar-refractivity contribution is 6.04. The second-order valence-electron chi connectivity index (χ2n) is 11.8. The second kappa shape index (κ2) is 10.8. The first-order chi connectivity index (χ1) is 22.8. The first kappa shape index (κ1) is 26.3. The third kappa shape index (κ3) is 4.51. The summed E-state index contributed by atoms with van der Waals surface area (Å²) in [4.78, 5) is 10.0. The van der Waals surface area contributed by atoms with Crippen molar-refractivity contribution in [2.24, 2.45) is 0 Å². The van der Waals surface area contributed by atoms with Crippen molar-refractivity contribution >= 4 is 43.4 Å². The van der Waals surface area contributed by atoms with E-state index >= 15 is 0 Å². The zero-order valence-corrected chi connectivity index (χ0v) is 25.1. The van der Waals surface area contributed by atoms with Crippen molar-refractivity contribution in [2.45, 2.75) is 0 Å². The molecule has 0 fully saturated rings. The van der Waals surface area contributed by atoms with Crippen LogP contribution in [0.2, 0.25) is 0 Å². The highest BCUT2D eigenvalue weighted by Gasteiger charge is 2.15. The fourth-order valence-corrected chi connectivity index (χ4v) is 6.79. The first-order valence-corrected chi connectivity index (χ1v) is 15.7. The van der Waals surface area contributed by atoms with Crippen LogP contribution in [0.4, 0.5) is 0 Å². The molecule has 2 aromatic heterocycles. The average Bonchev–Trinajstić information content (AvgIpc) is 3.13. The van der Waals surface area contributed by atoms with Gasteiger partial charge < -0.3 is 0 Å². The van der Waals surface area contributed by atoms with Crippen LogP contribution >= 0.6 is 0 Å². The molecular formula is C44H28N2. The molecule has 0 spiro atoms. The lowest BCUT2D eigenvalue weighted by Crippen LogP contribution is -1.92. The topological polar surface area (TPSA) is 25.8 Å². The molecular weight excluding hydrogens is 556 g/mol. The molecule has 2 heteroatoms. The van der Waals surface area contributed by atoms with Gasteiger partial charge in [0.25, 0.3) is 0 Å². The summed E-state index contributed by atoms with van der Waals surface area (Å²) in [6, 6.07) is 58.5. The smallest absolute Gasteiger partial charge is 0.0722 e. The molecule has 0 radical (unpaired) electrons. The lowest BCUT2D eigenvalue weighted by Gasteiger charge is -2.15. The number of aromatic nitrogens is 2. The van der Waals surface area contributed by atoms with Crippen LogP contribution < -0.4 is 0 Å². The number of hydrogen-bond donors (Lipinski definition) is 0. The zero-order valence-electron chi connectivity index (χ0n) is 25.1. The number of rotatable bonds is 4. The number of pyridine rings is 2. The van der Waals surface area contributed by atoms with Gasteiger partial charge in [-0.05, 0) is 85.8 Å². The van der Waals surface area contributed by atoms with Gasteiger partial charge in [0, 0.05) is 28.1 Å². The summed E-state index contributed by atoms with van der Waals surface area (Å²) in [7, 11) is 0. The van der Waals surface area contributed by atoms with Crippen molar-refractivity contribution in [3.63, 3.8) is 0 Å². The lowest BCUT2D eigenvalue weighted by molar-refractivity contribution is 1.40. The van der Waals surface area contributed by atoms with E-state index in [1.54, 1.807) is 0 Å². The molecule has 9 aromatic rings. The quantitative estimate of drug-likeness (QED) is 0.206. The van der Waals surface area contributed by atoms with Gasteiger partial charge in [0.1, 0.15) is 0 Å². The summed E-state index contributed by atoms with van der Waals surface area (Å²) in [5.74, 6) is 0. The van der Waals surface area contributed by atoms with Crippen molar-refractivity contribution < 1.29 is 0 Å². The Morgan fingerprint density at radius 2 is 0.957 bits per heavy atom. The molecule has 0 unspecified atom stereocenters. The molecule has 0 saturated heterocycles. The van der Waals surface area contributed by atoms with E-state index in [0.717, 1.165) is 55.3 Å². The van der Waals surface area contributed by atoms with Crippen molar-refractivity contribution in [3.8, 4) is 44.6 Å². The van der Waals surface area contributed by atoms with Gasteiger partial charge in [-0.2, -0.15) is 0 Å². The van der Waals surface area contributed by atoms with Gasteiger partial charge in [0.15, 0.2) is 0 Å². The van der Waals surface area contributed by atoms with Crippen molar-refractivity contribution in [3.05, 3.63) is 170 Å². The molecule has 2 heterocycles. The molecule has 0 aliphatic heterocycles. The van der Waals surface area contributed by atoms with Crippen LogP contribution in [0, 0.1) is 0 Å². The summed E-state index contributed by atoms with van der Waals surface area (Å²) in [5.41, 5.74) is 11.0. The minimum Gasteiger partial charge on any atom is -0.256 e. The van der Waals surface area contributed by atoms with Crippen LogP contribution in [0.15, 0.2) is 170 Å². The van der Waals surface area contributed by atoms with Gasteiger partial charge in [-0.25, -0.2) is 4.98 Å². The maximum Gasteiger partial charge on any atom is 0.0722 e. The van der Waals surface area contributed by atoms with E-state index in [2.05, 4.69) is 158 Å². The highest BCUT2D eigenvalue weighted by atomic mass is 14.7. The van der Waals surface area contributed by atoms with Gasteiger partial charge in [-0.15, -0.1) is 0 Å². The number of fused-ring (bicyclic) bond motifs is 4. The molecule has 9 rings (SSSR count). The Morgan fingerprint density at radius 1 is 0.326 bits per heavy atom. The van der Waals surface area contributed by atoms with Gasteiger partial charge in [-0.1, -0.05) is 127 Å². The standard InChI is InChI=1S/C44H28N2/c1-4-17-36-29(10-1)13-8-19-38(36)33-22-23-43-41(26-33)40(27-44(46-43)39-20-9-14-30-11-2-5-18-37(30)39)32-16-7-15-31(24-32)35-25-34-12-3-6-21-42(34)45-28-35/h1-28H. The van der Waals surface area contributed by atoms with E-state index in [-0.39, 0.29) is 0 Å². The van der Waals surface area contributed by atoms with Crippen molar-refractivity contribution in [2.75, 3.05) is 0 Å². The second-order valence-corrected chi connectivity index (χ2v) is 11.8. The van der Waals surface area contributed by atoms with Crippen LogP contribution in [0.25, 0.3) is 88.0 Å². The summed E-state index contributed by atoms with van der Waals surface area (Å²) in [5, 5.41) is 7.16. The van der Waals surface area contributed by atoms with Gasteiger partial charge >= 0.3 is 0 Å². The van der Waals surface area contributed by atoms with Crippen LogP contribution in [0.5, 0.6) is 0 Å². The Balaban J connectivity index is 1.28. The van der Waals surface area contributed by atoms with E-state index in [1.165, 1.54) is 32.7 Å². The summed E-state index contributed by atoms with van der Waals surface area (Å²) in [6.07, 6.45) is 1.98. The molecule has 7 aromatic carbocycles. The van der Waals surface area contributed by atoms with Crippen LogP contribution in [0.1, 0.15) is 0 Å². The minimum absolute atomic E-state index is 0.968. The summed E-state index contributed by atoms with van der Waals surface area (Å²) >= 11 is 0. The van der Waals surface area contributed by atoms with E-state index in [0.29, 0.717) is 0 Å². The Hall–Kier alpha value is -6.12. The van der Waals surface area contributed by atoms with Crippen molar-refractivity contribution in [1.29, 1.82) is 0 Å². The molecule has 214 valence electrons. The SMILES string of the molecule is c1cc(-c2cnc3ccccc3c2)cc(-c2cc(-c3cccc4ccccc34)nc3ccc(-c4cccc5ccccc45)cc23)c1. The normalized spacial score (nSPS) is 11.5. The van der Waals surface area contributed by atoms with Crippen LogP contribution in [0.3, 0.4) is 0 Å². The van der Waals surface area contributed by atoms with Gasteiger partial charge in [-0.3, -0.25) is 4.98 Å². The highest BCUT2D eigenvalue weighted by Crippen LogP contribution is 2.39. The third-order valence-electron chi connectivity index (χ3n) is 9.07. The zero-order chi connectivity index (χ0) is 30.5. The predicted octanol–water partition coefficient (Wildman–Crippen LogP) is 11.8. The lowest BCUT2D eigenvalue weighted by atomic mass is 9.92. The predicted molar refractivity (Wildman–Crippen MR) is 194 cm³/mol. The molecule has 0 aliphatic carbocycles. The van der Waals surface area contributed by atoms with Gasteiger partial charge in [0.2, 0.25) is 0 Å². The summed E-state index contributed by atoms with van der Waals surface area (Å²) in [6.45, 7) is 0. The monoisotopic (exact) mass is 584 g/mol. The summed E-state index contributed by atoms with van der Waals surface area (Å²) < 4.78 is 0. The Labute approximate surface area is 267 Å². The molecule has 0 amide bonds. The van der Waals surface area contributed by atoms with Crippen LogP contribution in [-0.2, 0) is 0 Å². The van der Waals surface area contributed by atoms with E-state index in [1.807, 2.05) is 12.3 Å². The molecule has 46 heavy (non-hydrogen) atoms. The number of para-hydroxylation sites is 1.